The molecule has 1 heterocycles. The Bertz CT molecular complexity index is 619. The molecule has 0 saturated carbocycles. The summed E-state index contributed by atoms with van der Waals surface area (Å²) >= 11 is 0. The summed E-state index contributed by atoms with van der Waals surface area (Å²) in [5.41, 5.74) is 8.79. The Labute approximate surface area is 114 Å². The quantitative estimate of drug-likeness (QED) is 0.226. The zero-order valence-corrected chi connectivity index (χ0v) is 10.3. The second kappa shape index (κ2) is 5.76. The number of carboxylic acids is 1. The lowest BCUT2D eigenvalue weighted by Gasteiger charge is -2.10. The molecule has 8 heteroatoms. The van der Waals surface area contributed by atoms with Gasteiger partial charge in [-0.15, -0.1) is 0 Å². The van der Waals surface area contributed by atoms with Gasteiger partial charge in [-0.05, 0) is 17.7 Å². The minimum Gasteiger partial charge on any atom is -0.476 e. The zero-order valence-electron chi connectivity index (χ0n) is 10.3. The van der Waals surface area contributed by atoms with Crippen molar-refractivity contribution in [2.45, 2.75) is 0 Å². The van der Waals surface area contributed by atoms with Crippen molar-refractivity contribution in [3.8, 4) is 16.9 Å². The van der Waals surface area contributed by atoms with E-state index in [0.717, 1.165) is 11.1 Å². The maximum absolute atomic E-state index is 10.7. The van der Waals surface area contributed by atoms with Gasteiger partial charge in [-0.25, -0.2) is 10.6 Å². The number of ether oxygens (including phenoxy) is 1. The first kappa shape index (κ1) is 13.4. The summed E-state index contributed by atoms with van der Waals surface area (Å²) in [5, 5.41) is 15.3. The highest BCUT2D eigenvalue weighted by Crippen LogP contribution is 2.22. The van der Waals surface area contributed by atoms with Gasteiger partial charge >= 0.3 is 5.97 Å². The molecular formula is C12H13N5O3. The molecule has 2 rings (SSSR count). The summed E-state index contributed by atoms with van der Waals surface area (Å²) in [6.07, 6.45) is 3.44. The minimum atomic E-state index is -1.33. The number of nitrogens with one attached hydrogen (secondary N) is 2. The van der Waals surface area contributed by atoms with E-state index in [4.69, 9.17) is 21.4 Å². The summed E-state index contributed by atoms with van der Waals surface area (Å²) in [6, 6.07) is 6.92. The van der Waals surface area contributed by atoms with E-state index >= 15 is 0 Å². The summed E-state index contributed by atoms with van der Waals surface area (Å²) in [7, 11) is 0. The third kappa shape index (κ3) is 2.87. The van der Waals surface area contributed by atoms with Crippen LogP contribution in [0.5, 0.6) is 5.75 Å². The van der Waals surface area contributed by atoms with Crippen LogP contribution in [0.3, 0.4) is 0 Å². The van der Waals surface area contributed by atoms with Gasteiger partial charge in [0, 0.05) is 11.8 Å². The molecule has 1 aromatic carbocycles. The molecule has 0 aliphatic heterocycles. The van der Waals surface area contributed by atoms with Crippen molar-refractivity contribution in [1.29, 1.82) is 0 Å². The number of aliphatic carboxylic acids is 1. The minimum absolute atomic E-state index is 0.228. The van der Waals surface area contributed by atoms with Crippen LogP contribution in [0.1, 0.15) is 0 Å². The van der Waals surface area contributed by atoms with E-state index in [1.54, 1.807) is 36.7 Å². The molecule has 2 aromatic rings. The topological polar surface area (TPSA) is 139 Å². The standard InChI is InChI=1S/C12H13N5O3/c13-10(12(18)19)11(17-14)20-9-3-1-7(2-4-9)8-5-15-16-6-8/h1-6,17H,13-14H2,(H,15,16)(H,18,19)/b11-10+. The summed E-state index contributed by atoms with van der Waals surface area (Å²) in [4.78, 5) is 10.7. The van der Waals surface area contributed by atoms with Crippen LogP contribution in [0.25, 0.3) is 11.1 Å². The molecule has 0 aliphatic carbocycles. The van der Waals surface area contributed by atoms with E-state index in [2.05, 4.69) is 15.6 Å². The molecule has 0 bridgehead atoms. The monoisotopic (exact) mass is 275 g/mol. The number of aromatic amines is 1. The lowest BCUT2D eigenvalue weighted by molar-refractivity contribution is -0.132. The van der Waals surface area contributed by atoms with E-state index in [1.165, 1.54) is 0 Å². The van der Waals surface area contributed by atoms with Gasteiger partial charge in [0.2, 0.25) is 5.88 Å². The van der Waals surface area contributed by atoms with Gasteiger partial charge in [-0.2, -0.15) is 5.10 Å². The number of carboxylic acid groups (broad SMARTS) is 1. The Kier molecular flexibility index (Phi) is 3.87. The van der Waals surface area contributed by atoms with Crippen LogP contribution >= 0.6 is 0 Å². The highest BCUT2D eigenvalue weighted by molar-refractivity contribution is 5.85. The molecule has 0 unspecified atom stereocenters. The van der Waals surface area contributed by atoms with Crippen molar-refractivity contribution < 1.29 is 14.6 Å². The maximum atomic E-state index is 10.7. The van der Waals surface area contributed by atoms with Crippen molar-refractivity contribution in [1.82, 2.24) is 15.6 Å². The van der Waals surface area contributed by atoms with Crippen molar-refractivity contribution in [3.63, 3.8) is 0 Å². The number of aromatic nitrogens is 2. The first-order chi connectivity index (χ1) is 9.61. The lowest BCUT2D eigenvalue weighted by atomic mass is 10.1. The van der Waals surface area contributed by atoms with E-state index in [0.29, 0.717) is 5.75 Å². The van der Waals surface area contributed by atoms with Gasteiger partial charge in [0.1, 0.15) is 5.75 Å². The van der Waals surface area contributed by atoms with Crippen molar-refractivity contribution >= 4 is 5.97 Å². The fraction of sp³-hybridized carbons (Fsp3) is 0. The van der Waals surface area contributed by atoms with Gasteiger partial charge in [0.25, 0.3) is 0 Å². The van der Waals surface area contributed by atoms with Gasteiger partial charge in [0.05, 0.1) is 6.20 Å². The Morgan fingerprint density at radius 3 is 2.50 bits per heavy atom. The van der Waals surface area contributed by atoms with Crippen molar-refractivity contribution in [2.75, 3.05) is 0 Å². The zero-order chi connectivity index (χ0) is 14.5. The molecule has 104 valence electrons. The van der Waals surface area contributed by atoms with Crippen LogP contribution in [0.4, 0.5) is 0 Å². The molecule has 7 N–H and O–H groups in total. The molecular weight excluding hydrogens is 262 g/mol. The molecule has 0 spiro atoms. The van der Waals surface area contributed by atoms with Crippen LogP contribution in [0.15, 0.2) is 48.2 Å². The number of benzene rings is 1. The third-order valence-corrected chi connectivity index (χ3v) is 2.51. The summed E-state index contributed by atoms with van der Waals surface area (Å²) in [6.45, 7) is 0. The number of hydrazine groups is 1. The van der Waals surface area contributed by atoms with Gasteiger partial charge in [-0.3, -0.25) is 10.5 Å². The van der Waals surface area contributed by atoms with E-state index in [9.17, 15) is 4.79 Å². The lowest BCUT2D eigenvalue weighted by Crippen LogP contribution is -2.31. The van der Waals surface area contributed by atoms with E-state index in [1.807, 2.05) is 0 Å². The number of carbonyl (C=O) groups is 1. The largest absolute Gasteiger partial charge is 0.476 e. The third-order valence-electron chi connectivity index (χ3n) is 2.51. The average Bonchev–Trinajstić information content (AvgIpc) is 2.98. The fourth-order valence-corrected chi connectivity index (χ4v) is 1.50. The van der Waals surface area contributed by atoms with E-state index < -0.39 is 11.7 Å². The maximum Gasteiger partial charge on any atom is 0.357 e. The summed E-state index contributed by atoms with van der Waals surface area (Å²) < 4.78 is 5.27. The smallest absolute Gasteiger partial charge is 0.357 e. The first-order valence-corrected chi connectivity index (χ1v) is 5.58. The van der Waals surface area contributed by atoms with Crippen LogP contribution < -0.4 is 21.7 Å². The van der Waals surface area contributed by atoms with Crippen LogP contribution in [-0.2, 0) is 4.79 Å². The Balaban J connectivity index is 2.19. The second-order valence-corrected chi connectivity index (χ2v) is 3.81. The number of hydrogen-bond acceptors (Lipinski definition) is 6. The Morgan fingerprint density at radius 2 is 2.00 bits per heavy atom. The van der Waals surface area contributed by atoms with Crippen molar-refractivity contribution in [3.05, 3.63) is 48.2 Å². The highest BCUT2D eigenvalue weighted by atomic mass is 16.5. The molecule has 0 fully saturated rings. The molecule has 0 amide bonds. The SMILES string of the molecule is NN/C(Oc1ccc(-c2cn[nH]c2)cc1)=C(\N)C(=O)O. The average molecular weight is 275 g/mol. The molecule has 1 aromatic heterocycles. The highest BCUT2D eigenvalue weighted by Gasteiger charge is 2.12. The normalized spacial score (nSPS) is 11.7. The molecule has 0 radical (unpaired) electrons. The number of nitrogens with zero attached hydrogens (tertiary/aromatic N) is 1. The number of nitrogens with two attached hydrogens (primary N) is 2. The molecule has 0 atom stereocenters. The van der Waals surface area contributed by atoms with Crippen molar-refractivity contribution in [2.24, 2.45) is 11.6 Å². The summed E-state index contributed by atoms with van der Waals surface area (Å²) in [5.74, 6) is 4.02. The number of H-pyrrole nitrogens is 1. The van der Waals surface area contributed by atoms with Crippen LogP contribution in [0, 0.1) is 0 Å². The predicted octanol–water partition coefficient (Wildman–Crippen LogP) is 0.131. The Morgan fingerprint density at radius 1 is 1.30 bits per heavy atom. The second-order valence-electron chi connectivity index (χ2n) is 3.81. The number of rotatable bonds is 5. The predicted molar refractivity (Wildman–Crippen MR) is 70.8 cm³/mol. The Hall–Kier alpha value is -3.00. The fourth-order valence-electron chi connectivity index (χ4n) is 1.50. The molecule has 8 nitrogen and oxygen atoms in total. The first-order valence-electron chi connectivity index (χ1n) is 5.58. The molecule has 0 aliphatic rings. The molecule has 0 saturated heterocycles. The van der Waals surface area contributed by atoms with Gasteiger partial charge < -0.3 is 15.6 Å². The van der Waals surface area contributed by atoms with Crippen LogP contribution in [0.2, 0.25) is 0 Å². The van der Waals surface area contributed by atoms with Gasteiger partial charge in [-0.1, -0.05) is 12.1 Å². The van der Waals surface area contributed by atoms with Crippen LogP contribution in [-0.4, -0.2) is 21.3 Å². The number of hydrogen-bond donors (Lipinski definition) is 5. The van der Waals surface area contributed by atoms with Gasteiger partial charge in [0.15, 0.2) is 5.70 Å². The molecule has 20 heavy (non-hydrogen) atoms. The van der Waals surface area contributed by atoms with E-state index in [-0.39, 0.29) is 5.88 Å².